The van der Waals surface area contributed by atoms with Gasteiger partial charge in [-0.25, -0.2) is 0 Å². The van der Waals surface area contributed by atoms with Crippen molar-refractivity contribution in [3.8, 4) is 0 Å². The number of hydrogen-bond acceptors (Lipinski definition) is 1. The largest absolute Gasteiger partial charge is 0.481 e. The molecule has 3 aliphatic carbocycles. The Balaban J connectivity index is 1.93. The predicted molar refractivity (Wildman–Crippen MR) is 48.2 cm³/mol. The first-order valence-corrected chi connectivity index (χ1v) is 5.46. The summed E-state index contributed by atoms with van der Waals surface area (Å²) in [5.74, 6) is 0.811. The molecule has 0 aromatic heterocycles. The molecule has 13 heavy (non-hydrogen) atoms. The van der Waals surface area contributed by atoms with Crippen LogP contribution >= 0.6 is 0 Å². The molecular formula is C11H16O2. The Morgan fingerprint density at radius 2 is 2.15 bits per heavy atom. The molecule has 0 aliphatic heterocycles. The average Bonchev–Trinajstić information content (AvgIpc) is 2.65. The number of aliphatic carboxylic acids is 1. The smallest absolute Gasteiger partial charge is 0.306 e. The molecule has 0 spiro atoms. The number of carboxylic acid groups (broad SMARTS) is 1. The topological polar surface area (TPSA) is 37.3 Å². The molecule has 3 saturated carbocycles. The van der Waals surface area contributed by atoms with E-state index in [2.05, 4.69) is 0 Å². The van der Waals surface area contributed by atoms with Gasteiger partial charge in [-0.15, -0.1) is 0 Å². The third kappa shape index (κ3) is 0.818. The van der Waals surface area contributed by atoms with E-state index in [1.54, 1.807) is 0 Å². The highest BCUT2D eigenvalue weighted by atomic mass is 16.4. The second-order valence-electron chi connectivity index (χ2n) is 5.21. The Kier molecular flexibility index (Phi) is 1.38. The normalized spacial score (nSPS) is 52.5. The quantitative estimate of drug-likeness (QED) is 0.672. The molecule has 0 saturated heterocycles. The SMILES string of the molecule is O=C(O)[C@H]1C[C@]23CCC[C@H]2[C@H]1CC3. The molecule has 3 aliphatic rings. The van der Waals surface area contributed by atoms with Gasteiger partial charge in [0.15, 0.2) is 0 Å². The lowest BCUT2D eigenvalue weighted by Crippen LogP contribution is -2.23. The van der Waals surface area contributed by atoms with E-state index in [0.29, 0.717) is 11.3 Å². The molecule has 3 fully saturated rings. The van der Waals surface area contributed by atoms with Crippen LogP contribution in [0.3, 0.4) is 0 Å². The number of carboxylic acids is 1. The maximum atomic E-state index is 11.0. The van der Waals surface area contributed by atoms with Gasteiger partial charge in [0, 0.05) is 0 Å². The van der Waals surface area contributed by atoms with Crippen LogP contribution in [0.1, 0.15) is 38.5 Å². The van der Waals surface area contributed by atoms with Gasteiger partial charge >= 0.3 is 5.97 Å². The third-order valence-corrected chi connectivity index (χ3v) is 4.93. The molecule has 1 N–H and O–H groups in total. The van der Waals surface area contributed by atoms with E-state index in [1.165, 1.54) is 32.1 Å². The lowest BCUT2D eigenvalue weighted by atomic mass is 9.78. The molecule has 0 heterocycles. The lowest BCUT2D eigenvalue weighted by Gasteiger charge is -2.26. The summed E-state index contributed by atoms with van der Waals surface area (Å²) in [5, 5.41) is 9.09. The number of hydrogen-bond donors (Lipinski definition) is 1. The summed E-state index contributed by atoms with van der Waals surface area (Å²) in [7, 11) is 0. The minimum absolute atomic E-state index is 0.0130. The molecule has 2 bridgehead atoms. The predicted octanol–water partition coefficient (Wildman–Crippen LogP) is 2.29. The van der Waals surface area contributed by atoms with Gasteiger partial charge in [-0.2, -0.15) is 0 Å². The van der Waals surface area contributed by atoms with Crippen LogP contribution in [0.15, 0.2) is 0 Å². The van der Waals surface area contributed by atoms with Crippen LogP contribution in [-0.2, 0) is 4.79 Å². The Morgan fingerprint density at radius 3 is 2.85 bits per heavy atom. The summed E-state index contributed by atoms with van der Waals surface area (Å²) in [6.07, 6.45) is 7.51. The maximum absolute atomic E-state index is 11.0. The van der Waals surface area contributed by atoms with Crippen molar-refractivity contribution >= 4 is 5.97 Å². The summed E-state index contributed by atoms with van der Waals surface area (Å²) < 4.78 is 0. The van der Waals surface area contributed by atoms with Crippen molar-refractivity contribution in [2.45, 2.75) is 38.5 Å². The number of rotatable bonds is 1. The van der Waals surface area contributed by atoms with E-state index in [4.69, 9.17) is 5.11 Å². The standard InChI is InChI=1S/C11H16O2/c12-10(13)8-6-11-4-1-2-9(11)7(8)3-5-11/h7-9H,1-6H2,(H,12,13)/t7-,8-,9-,11+/m0/s1. The monoisotopic (exact) mass is 180 g/mol. The lowest BCUT2D eigenvalue weighted by molar-refractivity contribution is -0.144. The summed E-state index contributed by atoms with van der Waals surface area (Å²) in [4.78, 5) is 11.0. The van der Waals surface area contributed by atoms with E-state index in [1.807, 2.05) is 0 Å². The van der Waals surface area contributed by atoms with E-state index >= 15 is 0 Å². The Hall–Kier alpha value is -0.530. The van der Waals surface area contributed by atoms with E-state index in [0.717, 1.165) is 12.3 Å². The first-order valence-electron chi connectivity index (χ1n) is 5.46. The van der Waals surface area contributed by atoms with Crippen LogP contribution in [-0.4, -0.2) is 11.1 Å². The van der Waals surface area contributed by atoms with Gasteiger partial charge < -0.3 is 5.11 Å². The molecule has 0 aromatic rings. The highest BCUT2D eigenvalue weighted by Crippen LogP contribution is 2.67. The zero-order chi connectivity index (χ0) is 9.05. The highest BCUT2D eigenvalue weighted by Gasteiger charge is 2.61. The molecule has 0 aromatic carbocycles. The van der Waals surface area contributed by atoms with Crippen LogP contribution in [0.25, 0.3) is 0 Å². The summed E-state index contributed by atoms with van der Waals surface area (Å²) in [5.41, 5.74) is 0.494. The van der Waals surface area contributed by atoms with Gasteiger partial charge in [-0.05, 0) is 49.4 Å². The second kappa shape index (κ2) is 2.28. The van der Waals surface area contributed by atoms with Crippen LogP contribution in [0.4, 0.5) is 0 Å². The summed E-state index contributed by atoms with van der Waals surface area (Å²) in [6, 6.07) is 0. The van der Waals surface area contributed by atoms with Crippen molar-refractivity contribution in [1.29, 1.82) is 0 Å². The summed E-state index contributed by atoms with van der Waals surface area (Å²) >= 11 is 0. The van der Waals surface area contributed by atoms with Crippen molar-refractivity contribution in [3.05, 3.63) is 0 Å². The third-order valence-electron chi connectivity index (χ3n) is 4.93. The first-order chi connectivity index (χ1) is 6.23. The second-order valence-corrected chi connectivity index (χ2v) is 5.21. The zero-order valence-electron chi connectivity index (χ0n) is 7.83. The summed E-state index contributed by atoms with van der Waals surface area (Å²) in [6.45, 7) is 0. The molecule has 0 amide bonds. The zero-order valence-corrected chi connectivity index (χ0v) is 7.83. The minimum Gasteiger partial charge on any atom is -0.481 e. The van der Waals surface area contributed by atoms with Crippen molar-refractivity contribution in [3.63, 3.8) is 0 Å². The first kappa shape index (κ1) is 7.84. The molecule has 2 nitrogen and oxygen atoms in total. The van der Waals surface area contributed by atoms with Gasteiger partial charge in [0.25, 0.3) is 0 Å². The van der Waals surface area contributed by atoms with Gasteiger partial charge in [0.1, 0.15) is 0 Å². The van der Waals surface area contributed by atoms with Crippen LogP contribution in [0.5, 0.6) is 0 Å². The van der Waals surface area contributed by atoms with Crippen LogP contribution in [0.2, 0.25) is 0 Å². The van der Waals surface area contributed by atoms with Crippen molar-refractivity contribution in [2.24, 2.45) is 23.2 Å². The Bertz CT molecular complexity index is 257. The molecule has 72 valence electrons. The van der Waals surface area contributed by atoms with Crippen LogP contribution in [0, 0.1) is 23.2 Å². The molecule has 2 heteroatoms. The number of carbonyl (C=O) groups is 1. The van der Waals surface area contributed by atoms with E-state index < -0.39 is 5.97 Å². The van der Waals surface area contributed by atoms with Gasteiger partial charge in [-0.3, -0.25) is 4.79 Å². The van der Waals surface area contributed by atoms with Gasteiger partial charge in [0.05, 0.1) is 5.92 Å². The fourth-order valence-electron chi connectivity index (χ4n) is 4.50. The van der Waals surface area contributed by atoms with Gasteiger partial charge in [0.2, 0.25) is 0 Å². The molecular weight excluding hydrogens is 164 g/mol. The van der Waals surface area contributed by atoms with Gasteiger partial charge in [-0.1, -0.05) is 6.42 Å². The molecule has 3 rings (SSSR count). The van der Waals surface area contributed by atoms with Crippen molar-refractivity contribution < 1.29 is 9.90 Å². The van der Waals surface area contributed by atoms with E-state index in [-0.39, 0.29) is 5.92 Å². The van der Waals surface area contributed by atoms with Crippen LogP contribution < -0.4 is 0 Å². The maximum Gasteiger partial charge on any atom is 0.306 e. The Morgan fingerprint density at radius 1 is 1.31 bits per heavy atom. The highest BCUT2D eigenvalue weighted by molar-refractivity contribution is 5.71. The fraction of sp³-hybridized carbons (Fsp3) is 0.909. The van der Waals surface area contributed by atoms with Crippen molar-refractivity contribution in [2.75, 3.05) is 0 Å². The average molecular weight is 180 g/mol. The molecule has 0 radical (unpaired) electrons. The molecule has 4 atom stereocenters. The molecule has 0 unspecified atom stereocenters. The fourth-order valence-corrected chi connectivity index (χ4v) is 4.50. The van der Waals surface area contributed by atoms with E-state index in [9.17, 15) is 4.79 Å². The van der Waals surface area contributed by atoms with Crippen molar-refractivity contribution in [1.82, 2.24) is 0 Å². The Labute approximate surface area is 78.3 Å². The minimum atomic E-state index is -0.529.